The Bertz CT molecular complexity index is 835. The molecule has 1 heterocycles. The fourth-order valence-electron chi connectivity index (χ4n) is 2.94. The smallest absolute Gasteiger partial charge is 0.233 e. The van der Waals surface area contributed by atoms with Gasteiger partial charge in [0.1, 0.15) is 6.42 Å². The first-order chi connectivity index (χ1) is 13.0. The van der Waals surface area contributed by atoms with Gasteiger partial charge in [-0.25, -0.2) is 0 Å². The van der Waals surface area contributed by atoms with Crippen molar-refractivity contribution >= 4 is 40.5 Å². The highest BCUT2D eigenvalue weighted by molar-refractivity contribution is 6.31. The molecule has 0 radical (unpaired) electrons. The summed E-state index contributed by atoms with van der Waals surface area (Å²) < 4.78 is 5.38. The summed E-state index contributed by atoms with van der Waals surface area (Å²) in [5.74, 6) is -0.755. The highest BCUT2D eigenvalue weighted by Crippen LogP contribution is 2.27. The lowest BCUT2D eigenvalue weighted by Crippen LogP contribution is -2.36. The van der Waals surface area contributed by atoms with Gasteiger partial charge in [-0.15, -0.1) is 0 Å². The topological polar surface area (TPSA) is 70.7 Å². The lowest BCUT2D eigenvalue weighted by Gasteiger charge is -2.30. The summed E-state index contributed by atoms with van der Waals surface area (Å²) in [4.78, 5) is 26.7. The number of halogens is 1. The number of hydrogen-bond donors (Lipinski definition) is 2. The monoisotopic (exact) mass is 387 g/mol. The predicted molar refractivity (Wildman–Crippen MR) is 108 cm³/mol. The number of morpholine rings is 1. The average Bonchev–Trinajstić information content (AvgIpc) is 2.66. The van der Waals surface area contributed by atoms with Crippen molar-refractivity contribution in [2.75, 3.05) is 41.8 Å². The number of amides is 2. The van der Waals surface area contributed by atoms with Crippen molar-refractivity contribution in [1.29, 1.82) is 0 Å². The van der Waals surface area contributed by atoms with E-state index in [0.717, 1.165) is 24.3 Å². The van der Waals surface area contributed by atoms with Gasteiger partial charge in [-0.1, -0.05) is 29.8 Å². The third-order valence-electron chi connectivity index (χ3n) is 4.39. The highest BCUT2D eigenvalue weighted by atomic mass is 35.5. The van der Waals surface area contributed by atoms with Gasteiger partial charge in [0.15, 0.2) is 0 Å². The van der Waals surface area contributed by atoms with E-state index in [9.17, 15) is 9.59 Å². The molecule has 6 nitrogen and oxygen atoms in total. The van der Waals surface area contributed by atoms with Crippen molar-refractivity contribution in [3.8, 4) is 0 Å². The molecule has 2 aromatic carbocycles. The van der Waals surface area contributed by atoms with Crippen LogP contribution in [0.2, 0.25) is 5.02 Å². The Balaban J connectivity index is 1.62. The molecule has 0 aromatic heterocycles. The zero-order valence-corrected chi connectivity index (χ0v) is 15.9. The van der Waals surface area contributed by atoms with Crippen LogP contribution in [-0.4, -0.2) is 38.1 Å². The van der Waals surface area contributed by atoms with E-state index in [1.54, 1.807) is 18.2 Å². The molecule has 1 saturated heterocycles. The van der Waals surface area contributed by atoms with E-state index in [1.165, 1.54) is 0 Å². The van der Waals surface area contributed by atoms with Crippen LogP contribution in [0, 0.1) is 6.92 Å². The fourth-order valence-corrected chi connectivity index (χ4v) is 3.11. The molecule has 0 saturated carbocycles. The summed E-state index contributed by atoms with van der Waals surface area (Å²) in [6.07, 6.45) is -0.274. The Morgan fingerprint density at radius 1 is 1.00 bits per heavy atom. The van der Waals surface area contributed by atoms with Crippen LogP contribution < -0.4 is 15.5 Å². The van der Waals surface area contributed by atoms with E-state index in [1.807, 2.05) is 31.2 Å². The molecule has 1 fully saturated rings. The second kappa shape index (κ2) is 8.88. The zero-order valence-electron chi connectivity index (χ0n) is 15.1. The Morgan fingerprint density at radius 2 is 1.63 bits per heavy atom. The van der Waals surface area contributed by atoms with Crippen LogP contribution in [0.25, 0.3) is 0 Å². The molecule has 3 rings (SSSR count). The van der Waals surface area contributed by atoms with Crippen molar-refractivity contribution in [2.24, 2.45) is 0 Å². The second-order valence-corrected chi connectivity index (χ2v) is 6.71. The van der Waals surface area contributed by atoms with Gasteiger partial charge in [0, 0.05) is 23.8 Å². The second-order valence-electron chi connectivity index (χ2n) is 6.30. The Morgan fingerprint density at radius 3 is 2.37 bits per heavy atom. The van der Waals surface area contributed by atoms with Gasteiger partial charge >= 0.3 is 0 Å². The fraction of sp³-hybridized carbons (Fsp3) is 0.300. The molecule has 0 aliphatic carbocycles. The molecule has 27 heavy (non-hydrogen) atoms. The molecule has 142 valence electrons. The molecule has 2 N–H and O–H groups in total. The van der Waals surface area contributed by atoms with E-state index >= 15 is 0 Å². The standard InChI is InChI=1S/C20H22ClN3O3/c1-14-15(21)5-4-7-16(14)22-19(25)13-20(26)23-17-6-2-3-8-18(17)24-9-11-27-12-10-24/h2-8H,9-13H2,1H3,(H,22,25)(H,23,26). The maximum atomic E-state index is 12.4. The van der Waals surface area contributed by atoms with Crippen molar-refractivity contribution in [1.82, 2.24) is 0 Å². The SMILES string of the molecule is Cc1c(Cl)cccc1NC(=O)CC(=O)Nc1ccccc1N1CCOCC1. The number of anilines is 3. The molecule has 1 aliphatic rings. The van der Waals surface area contributed by atoms with Crippen LogP contribution in [0.15, 0.2) is 42.5 Å². The highest BCUT2D eigenvalue weighted by Gasteiger charge is 2.17. The van der Waals surface area contributed by atoms with Crippen LogP contribution in [0.3, 0.4) is 0 Å². The number of benzene rings is 2. The number of nitrogens with one attached hydrogen (secondary N) is 2. The summed E-state index contributed by atoms with van der Waals surface area (Å²) in [5, 5.41) is 6.14. The van der Waals surface area contributed by atoms with Gasteiger partial charge in [0.2, 0.25) is 11.8 Å². The molecule has 0 spiro atoms. The number of nitrogens with zero attached hydrogens (tertiary/aromatic N) is 1. The molecular formula is C20H22ClN3O3. The number of carbonyl (C=O) groups is 2. The van der Waals surface area contributed by atoms with Crippen LogP contribution >= 0.6 is 11.6 Å². The third kappa shape index (κ3) is 4.99. The van der Waals surface area contributed by atoms with E-state index in [2.05, 4.69) is 15.5 Å². The third-order valence-corrected chi connectivity index (χ3v) is 4.80. The lowest BCUT2D eigenvalue weighted by atomic mass is 10.2. The molecule has 2 amide bonds. The minimum atomic E-state index is -0.387. The first kappa shape index (κ1) is 19.2. The molecule has 0 bridgehead atoms. The van der Waals surface area contributed by atoms with Crippen LogP contribution in [0.4, 0.5) is 17.1 Å². The quantitative estimate of drug-likeness (QED) is 0.771. The average molecular weight is 388 g/mol. The van der Waals surface area contributed by atoms with Gasteiger partial charge in [0.25, 0.3) is 0 Å². The molecule has 0 unspecified atom stereocenters. The Labute approximate surface area is 163 Å². The number of hydrogen-bond acceptors (Lipinski definition) is 4. The number of carbonyl (C=O) groups excluding carboxylic acids is 2. The molecule has 7 heteroatoms. The van der Waals surface area contributed by atoms with Crippen molar-refractivity contribution in [2.45, 2.75) is 13.3 Å². The largest absolute Gasteiger partial charge is 0.378 e. The van der Waals surface area contributed by atoms with E-state index < -0.39 is 0 Å². The normalized spacial score (nSPS) is 13.9. The van der Waals surface area contributed by atoms with E-state index in [-0.39, 0.29) is 18.2 Å². The first-order valence-corrected chi connectivity index (χ1v) is 9.19. The van der Waals surface area contributed by atoms with Gasteiger partial charge < -0.3 is 20.3 Å². The molecular weight excluding hydrogens is 366 g/mol. The lowest BCUT2D eigenvalue weighted by molar-refractivity contribution is -0.123. The number of para-hydroxylation sites is 2. The van der Waals surface area contributed by atoms with Crippen LogP contribution in [0.5, 0.6) is 0 Å². The maximum Gasteiger partial charge on any atom is 0.233 e. The van der Waals surface area contributed by atoms with Gasteiger partial charge in [0.05, 0.1) is 24.6 Å². The summed E-state index contributed by atoms with van der Waals surface area (Å²) in [6, 6.07) is 12.8. The summed E-state index contributed by atoms with van der Waals surface area (Å²) in [7, 11) is 0. The number of ether oxygens (including phenoxy) is 1. The van der Waals surface area contributed by atoms with Crippen LogP contribution in [0.1, 0.15) is 12.0 Å². The number of rotatable bonds is 5. The minimum Gasteiger partial charge on any atom is -0.378 e. The molecule has 0 atom stereocenters. The minimum absolute atomic E-state index is 0.274. The Hall–Kier alpha value is -2.57. The Kier molecular flexibility index (Phi) is 6.32. The first-order valence-electron chi connectivity index (χ1n) is 8.81. The van der Waals surface area contributed by atoms with E-state index in [0.29, 0.717) is 29.6 Å². The maximum absolute atomic E-state index is 12.4. The van der Waals surface area contributed by atoms with Crippen molar-refractivity contribution < 1.29 is 14.3 Å². The summed E-state index contributed by atoms with van der Waals surface area (Å²) >= 11 is 6.06. The van der Waals surface area contributed by atoms with Crippen molar-refractivity contribution in [3.05, 3.63) is 53.1 Å². The summed E-state index contributed by atoms with van der Waals surface area (Å²) in [5.41, 5.74) is 3.00. The van der Waals surface area contributed by atoms with E-state index in [4.69, 9.17) is 16.3 Å². The summed E-state index contributed by atoms with van der Waals surface area (Å²) in [6.45, 7) is 4.66. The predicted octanol–water partition coefficient (Wildman–Crippen LogP) is 3.45. The van der Waals surface area contributed by atoms with Gasteiger partial charge in [-0.2, -0.15) is 0 Å². The van der Waals surface area contributed by atoms with Gasteiger partial charge in [-0.05, 0) is 36.8 Å². The zero-order chi connectivity index (χ0) is 19.2. The van der Waals surface area contributed by atoms with Crippen LogP contribution in [-0.2, 0) is 14.3 Å². The van der Waals surface area contributed by atoms with Crippen molar-refractivity contribution in [3.63, 3.8) is 0 Å². The molecule has 2 aromatic rings. The molecule has 1 aliphatic heterocycles. The van der Waals surface area contributed by atoms with Gasteiger partial charge in [-0.3, -0.25) is 9.59 Å².